The van der Waals surface area contributed by atoms with Crippen LogP contribution < -0.4 is 10.1 Å². The van der Waals surface area contributed by atoms with Crippen molar-refractivity contribution >= 4 is 11.7 Å². The number of nitrogens with one attached hydrogen (secondary N) is 2. The number of aromatic nitrogens is 6. The minimum Gasteiger partial charge on any atom is -0.473 e. The van der Waals surface area contributed by atoms with Gasteiger partial charge < -0.3 is 14.8 Å². The second-order valence-electron chi connectivity index (χ2n) is 8.44. The first-order valence-corrected chi connectivity index (χ1v) is 10.8. The van der Waals surface area contributed by atoms with E-state index in [-0.39, 0.29) is 17.9 Å². The fourth-order valence-corrected chi connectivity index (χ4v) is 4.09. The summed E-state index contributed by atoms with van der Waals surface area (Å²) >= 11 is 0. The van der Waals surface area contributed by atoms with Crippen LogP contribution in [0.2, 0.25) is 0 Å². The number of carbonyl (C=O) groups is 1. The van der Waals surface area contributed by atoms with Crippen LogP contribution in [0.4, 0.5) is 5.82 Å². The Hall–Kier alpha value is -3.27. The zero-order valence-corrected chi connectivity index (χ0v) is 18.8. The molecule has 10 heteroatoms. The molecule has 0 unspecified atom stereocenters. The Labute approximate surface area is 186 Å². The molecule has 1 amide bonds. The highest BCUT2D eigenvalue weighted by Gasteiger charge is 2.30. The summed E-state index contributed by atoms with van der Waals surface area (Å²) in [6.07, 6.45) is 4.52. The molecule has 10 nitrogen and oxygen atoms in total. The van der Waals surface area contributed by atoms with Gasteiger partial charge >= 0.3 is 0 Å². The Kier molecular flexibility index (Phi) is 6.50. The number of H-pyrrole nitrogens is 1. The first-order valence-electron chi connectivity index (χ1n) is 10.8. The summed E-state index contributed by atoms with van der Waals surface area (Å²) in [5, 5.41) is 22.6. The standard InChI is InChI=1S/C22H29N7O3/c1-13(2)17-7-8-23-27-22(17)32-16-6-5-14(9-16)18-11-20(26-25-18)24-21(30)19-10-15(12-31-4)28-29(19)3/h7-8,10-11,13-14,16H,5-6,9,12H2,1-4H3,(H2,24,25,26,30)/t14-,16+/m0/s1. The SMILES string of the molecule is COCc1cc(C(=O)Nc2cc([C@H]3CC[C@@H](Oc4nnccc4C(C)C)C3)[nH]n2)n(C)n1. The van der Waals surface area contributed by atoms with Crippen LogP contribution in [0, 0.1) is 0 Å². The van der Waals surface area contributed by atoms with Gasteiger partial charge in [-0.3, -0.25) is 14.6 Å². The van der Waals surface area contributed by atoms with Crippen LogP contribution in [0.25, 0.3) is 0 Å². The fraction of sp³-hybridized carbons (Fsp3) is 0.500. The number of ether oxygens (including phenoxy) is 2. The van der Waals surface area contributed by atoms with Crippen molar-refractivity contribution < 1.29 is 14.3 Å². The molecule has 0 bridgehead atoms. The second-order valence-corrected chi connectivity index (χ2v) is 8.44. The summed E-state index contributed by atoms with van der Waals surface area (Å²) in [4.78, 5) is 12.6. The molecule has 0 saturated heterocycles. The smallest absolute Gasteiger partial charge is 0.275 e. The van der Waals surface area contributed by atoms with Gasteiger partial charge in [0.2, 0.25) is 5.88 Å². The van der Waals surface area contributed by atoms with Crippen LogP contribution in [-0.2, 0) is 18.4 Å². The number of anilines is 1. The number of aryl methyl sites for hydroxylation is 1. The molecular formula is C22H29N7O3. The first-order chi connectivity index (χ1) is 15.4. The molecule has 1 saturated carbocycles. The van der Waals surface area contributed by atoms with Crippen molar-refractivity contribution in [2.75, 3.05) is 12.4 Å². The van der Waals surface area contributed by atoms with E-state index in [0.29, 0.717) is 35.6 Å². The van der Waals surface area contributed by atoms with Crippen molar-refractivity contribution in [2.24, 2.45) is 7.05 Å². The van der Waals surface area contributed by atoms with Gasteiger partial charge in [-0.15, -0.1) is 5.10 Å². The highest BCUT2D eigenvalue weighted by atomic mass is 16.5. The number of amides is 1. The van der Waals surface area contributed by atoms with Gasteiger partial charge in [-0.05, 0) is 37.3 Å². The number of methoxy groups -OCH3 is 1. The number of nitrogens with zero attached hydrogens (tertiary/aromatic N) is 5. The van der Waals surface area contributed by atoms with E-state index < -0.39 is 0 Å². The molecule has 0 radical (unpaired) electrons. The largest absolute Gasteiger partial charge is 0.473 e. The van der Waals surface area contributed by atoms with Crippen LogP contribution in [0.15, 0.2) is 24.4 Å². The van der Waals surface area contributed by atoms with Gasteiger partial charge in [0.15, 0.2) is 5.82 Å². The molecule has 3 aromatic heterocycles. The zero-order valence-electron chi connectivity index (χ0n) is 18.8. The highest BCUT2D eigenvalue weighted by molar-refractivity contribution is 6.02. The normalized spacial score (nSPS) is 18.3. The lowest BCUT2D eigenvalue weighted by molar-refractivity contribution is 0.101. The molecule has 1 aliphatic carbocycles. The molecule has 4 rings (SSSR count). The highest BCUT2D eigenvalue weighted by Crippen LogP contribution is 2.37. The van der Waals surface area contributed by atoms with E-state index in [9.17, 15) is 4.79 Å². The van der Waals surface area contributed by atoms with Crippen molar-refractivity contribution in [2.45, 2.75) is 57.7 Å². The maximum atomic E-state index is 12.6. The van der Waals surface area contributed by atoms with Crippen LogP contribution in [-0.4, -0.2) is 49.3 Å². The fourth-order valence-electron chi connectivity index (χ4n) is 4.09. The third kappa shape index (κ3) is 4.80. The number of aromatic amines is 1. The predicted octanol–water partition coefficient (Wildman–Crippen LogP) is 3.17. The Bertz CT molecular complexity index is 1080. The molecular weight excluding hydrogens is 410 g/mol. The van der Waals surface area contributed by atoms with E-state index in [1.165, 1.54) is 4.68 Å². The summed E-state index contributed by atoms with van der Waals surface area (Å²) in [5.74, 6) is 1.44. The van der Waals surface area contributed by atoms with E-state index in [2.05, 4.69) is 44.7 Å². The van der Waals surface area contributed by atoms with E-state index in [1.54, 1.807) is 26.4 Å². The zero-order chi connectivity index (χ0) is 22.7. The van der Waals surface area contributed by atoms with Crippen LogP contribution >= 0.6 is 0 Å². The van der Waals surface area contributed by atoms with Crippen LogP contribution in [0.1, 0.15) is 72.4 Å². The van der Waals surface area contributed by atoms with Gasteiger partial charge in [0.25, 0.3) is 5.91 Å². The monoisotopic (exact) mass is 439 g/mol. The molecule has 3 heterocycles. The van der Waals surface area contributed by atoms with Gasteiger partial charge in [0.1, 0.15) is 11.8 Å². The van der Waals surface area contributed by atoms with Gasteiger partial charge in [0, 0.05) is 37.4 Å². The number of hydrogen-bond acceptors (Lipinski definition) is 7. The first kappa shape index (κ1) is 21.9. The Balaban J connectivity index is 1.37. The average molecular weight is 440 g/mol. The summed E-state index contributed by atoms with van der Waals surface area (Å²) in [7, 11) is 3.32. The predicted molar refractivity (Wildman–Crippen MR) is 118 cm³/mol. The van der Waals surface area contributed by atoms with Crippen molar-refractivity contribution in [3.63, 3.8) is 0 Å². The average Bonchev–Trinajstić information content (AvgIpc) is 3.49. The van der Waals surface area contributed by atoms with E-state index in [4.69, 9.17) is 9.47 Å². The molecule has 0 spiro atoms. The summed E-state index contributed by atoms with van der Waals surface area (Å²) in [6.45, 7) is 4.59. The summed E-state index contributed by atoms with van der Waals surface area (Å²) in [6, 6.07) is 5.56. The van der Waals surface area contributed by atoms with Crippen LogP contribution in [0.5, 0.6) is 5.88 Å². The molecule has 1 aliphatic rings. The van der Waals surface area contributed by atoms with Crippen LogP contribution in [0.3, 0.4) is 0 Å². The third-order valence-corrected chi connectivity index (χ3v) is 5.74. The molecule has 0 aliphatic heterocycles. The molecule has 3 aromatic rings. The summed E-state index contributed by atoms with van der Waals surface area (Å²) in [5.41, 5.74) is 3.20. The lowest BCUT2D eigenvalue weighted by atomic mass is 10.0. The van der Waals surface area contributed by atoms with Gasteiger partial charge in [-0.25, -0.2) is 0 Å². The minimum absolute atomic E-state index is 0.0733. The third-order valence-electron chi connectivity index (χ3n) is 5.74. The number of rotatable bonds is 8. The number of hydrogen-bond donors (Lipinski definition) is 2. The van der Waals surface area contributed by atoms with E-state index >= 15 is 0 Å². The lowest BCUT2D eigenvalue weighted by Gasteiger charge is -2.16. The van der Waals surface area contributed by atoms with Crippen molar-refractivity contribution in [3.8, 4) is 5.88 Å². The van der Waals surface area contributed by atoms with Gasteiger partial charge in [-0.2, -0.15) is 15.3 Å². The van der Waals surface area contributed by atoms with Crippen molar-refractivity contribution in [1.29, 1.82) is 0 Å². The molecule has 0 aromatic carbocycles. The topological polar surface area (TPSA) is 120 Å². The molecule has 32 heavy (non-hydrogen) atoms. The van der Waals surface area contributed by atoms with Crippen molar-refractivity contribution in [1.82, 2.24) is 30.2 Å². The maximum Gasteiger partial charge on any atom is 0.275 e. The molecule has 1 fully saturated rings. The molecule has 2 N–H and O–H groups in total. The Morgan fingerprint density at radius 1 is 1.34 bits per heavy atom. The number of carbonyl (C=O) groups excluding carboxylic acids is 1. The Morgan fingerprint density at radius 3 is 2.97 bits per heavy atom. The van der Waals surface area contributed by atoms with Gasteiger partial charge in [0.05, 0.1) is 18.5 Å². The summed E-state index contributed by atoms with van der Waals surface area (Å²) < 4.78 is 12.8. The van der Waals surface area contributed by atoms with E-state index in [0.717, 1.165) is 30.5 Å². The minimum atomic E-state index is -0.267. The molecule has 170 valence electrons. The lowest BCUT2D eigenvalue weighted by Crippen LogP contribution is -2.16. The maximum absolute atomic E-state index is 12.6. The quantitative estimate of drug-likeness (QED) is 0.553. The molecule has 2 atom stereocenters. The van der Waals surface area contributed by atoms with E-state index in [1.807, 2.05) is 12.1 Å². The van der Waals surface area contributed by atoms with Gasteiger partial charge in [-0.1, -0.05) is 13.8 Å². The second kappa shape index (κ2) is 9.47. The van der Waals surface area contributed by atoms with Crippen molar-refractivity contribution in [3.05, 3.63) is 47.0 Å². The Morgan fingerprint density at radius 2 is 2.19 bits per heavy atom.